The number of rotatable bonds is 3. The molecule has 0 saturated heterocycles. The summed E-state index contributed by atoms with van der Waals surface area (Å²) >= 11 is 0. The number of nitrogens with one attached hydrogen (secondary N) is 2. The summed E-state index contributed by atoms with van der Waals surface area (Å²) in [6.45, 7) is 2.05. The van der Waals surface area contributed by atoms with Gasteiger partial charge in [0.15, 0.2) is 0 Å². The topological polar surface area (TPSA) is 58.2 Å². The van der Waals surface area contributed by atoms with Crippen molar-refractivity contribution < 1.29 is 9.59 Å². The maximum absolute atomic E-state index is 12.7. The van der Waals surface area contributed by atoms with Gasteiger partial charge in [-0.25, -0.2) is 0 Å². The fourth-order valence-electron chi connectivity index (χ4n) is 2.82. The molecule has 2 aromatic carbocycles. The normalized spacial score (nSPS) is 16.6. The first-order chi connectivity index (χ1) is 10.7. The highest BCUT2D eigenvalue weighted by Gasteiger charge is 2.30. The number of amides is 2. The van der Waals surface area contributed by atoms with E-state index in [1.54, 1.807) is 0 Å². The van der Waals surface area contributed by atoms with Gasteiger partial charge in [-0.3, -0.25) is 9.59 Å². The molecule has 4 heteroatoms. The molecule has 1 aliphatic heterocycles. The molecule has 22 heavy (non-hydrogen) atoms. The molecule has 3 rings (SSSR count). The minimum Gasteiger partial charge on any atom is -0.326 e. The van der Waals surface area contributed by atoms with Crippen molar-refractivity contribution in [3.8, 4) is 0 Å². The largest absolute Gasteiger partial charge is 0.326 e. The second kappa shape index (κ2) is 6.02. The Labute approximate surface area is 129 Å². The van der Waals surface area contributed by atoms with Gasteiger partial charge in [0.25, 0.3) is 0 Å². The molecule has 4 nitrogen and oxygen atoms in total. The Bertz CT molecular complexity index is 725. The van der Waals surface area contributed by atoms with Crippen LogP contribution in [0, 0.1) is 0 Å². The second-order valence-corrected chi connectivity index (χ2v) is 5.39. The Kier molecular flexibility index (Phi) is 3.92. The molecular weight excluding hydrogens is 276 g/mol. The van der Waals surface area contributed by atoms with E-state index in [1.165, 1.54) is 0 Å². The highest BCUT2D eigenvalue weighted by atomic mass is 16.2. The van der Waals surface area contributed by atoms with E-state index in [0.29, 0.717) is 0 Å². The lowest BCUT2D eigenvalue weighted by Gasteiger charge is -2.25. The standard InChI is InChI=1S/C18H18N2O2/c1-2-12-7-3-5-9-15(12)20-18(22)14-11-17(21)19-16-10-6-4-8-13(14)16/h3-10,14H,2,11H2,1H3,(H,19,21)(H,20,22). The quantitative estimate of drug-likeness (QED) is 0.912. The number of carbonyl (C=O) groups excluding carboxylic acids is 2. The van der Waals surface area contributed by atoms with Gasteiger partial charge in [-0.1, -0.05) is 43.3 Å². The van der Waals surface area contributed by atoms with Crippen LogP contribution in [0.5, 0.6) is 0 Å². The van der Waals surface area contributed by atoms with Gasteiger partial charge in [-0.2, -0.15) is 0 Å². The van der Waals surface area contributed by atoms with Crippen LogP contribution in [0.3, 0.4) is 0 Å². The molecule has 1 heterocycles. The van der Waals surface area contributed by atoms with Gasteiger partial charge in [-0.15, -0.1) is 0 Å². The summed E-state index contributed by atoms with van der Waals surface area (Å²) in [6.07, 6.45) is 1.02. The minimum atomic E-state index is -0.449. The van der Waals surface area contributed by atoms with Gasteiger partial charge >= 0.3 is 0 Å². The fraction of sp³-hybridized carbons (Fsp3) is 0.222. The van der Waals surface area contributed by atoms with Crippen LogP contribution >= 0.6 is 0 Å². The lowest BCUT2D eigenvalue weighted by molar-refractivity contribution is -0.123. The van der Waals surface area contributed by atoms with Crippen LogP contribution in [0.1, 0.15) is 30.4 Å². The smallest absolute Gasteiger partial charge is 0.232 e. The minimum absolute atomic E-state index is 0.123. The average Bonchev–Trinajstić information content (AvgIpc) is 2.54. The van der Waals surface area contributed by atoms with Crippen LogP contribution in [0.4, 0.5) is 11.4 Å². The Balaban J connectivity index is 1.88. The number of anilines is 2. The number of fused-ring (bicyclic) bond motifs is 1. The van der Waals surface area contributed by atoms with Gasteiger partial charge in [0.1, 0.15) is 0 Å². The van der Waals surface area contributed by atoms with Crippen LogP contribution in [-0.4, -0.2) is 11.8 Å². The van der Waals surface area contributed by atoms with E-state index in [1.807, 2.05) is 55.5 Å². The average molecular weight is 294 g/mol. The van der Waals surface area contributed by atoms with E-state index in [4.69, 9.17) is 0 Å². The maximum atomic E-state index is 12.7. The molecule has 0 aromatic heterocycles. The van der Waals surface area contributed by atoms with E-state index in [-0.39, 0.29) is 18.2 Å². The van der Waals surface area contributed by atoms with Gasteiger partial charge in [0.05, 0.1) is 5.92 Å². The molecule has 0 bridgehead atoms. The summed E-state index contributed by atoms with van der Waals surface area (Å²) in [5.41, 5.74) is 3.50. The molecule has 1 unspecified atom stereocenters. The molecule has 0 radical (unpaired) electrons. The summed E-state index contributed by atoms with van der Waals surface area (Å²) in [7, 11) is 0. The lowest BCUT2D eigenvalue weighted by Crippen LogP contribution is -2.30. The van der Waals surface area contributed by atoms with E-state index in [9.17, 15) is 9.59 Å². The Hall–Kier alpha value is -2.62. The van der Waals surface area contributed by atoms with Gasteiger partial charge in [0.2, 0.25) is 11.8 Å². The number of hydrogen-bond donors (Lipinski definition) is 2. The summed E-state index contributed by atoms with van der Waals surface area (Å²) in [5, 5.41) is 5.79. The van der Waals surface area contributed by atoms with Crippen LogP contribution < -0.4 is 10.6 Å². The first-order valence-corrected chi connectivity index (χ1v) is 7.46. The molecule has 0 fully saturated rings. The van der Waals surface area contributed by atoms with Crippen LogP contribution in [-0.2, 0) is 16.0 Å². The van der Waals surface area contributed by atoms with Crippen molar-refractivity contribution >= 4 is 23.2 Å². The zero-order chi connectivity index (χ0) is 15.5. The van der Waals surface area contributed by atoms with Gasteiger partial charge in [0, 0.05) is 17.8 Å². The third kappa shape index (κ3) is 2.72. The van der Waals surface area contributed by atoms with E-state index in [0.717, 1.165) is 28.9 Å². The number of benzene rings is 2. The van der Waals surface area contributed by atoms with E-state index < -0.39 is 5.92 Å². The van der Waals surface area contributed by atoms with Crippen molar-refractivity contribution in [1.82, 2.24) is 0 Å². The Morgan fingerprint density at radius 3 is 2.73 bits per heavy atom. The van der Waals surface area contributed by atoms with Crippen molar-refractivity contribution in [1.29, 1.82) is 0 Å². The monoisotopic (exact) mass is 294 g/mol. The molecule has 1 aliphatic rings. The number of carbonyl (C=O) groups is 2. The molecule has 0 aliphatic carbocycles. The summed E-state index contributed by atoms with van der Waals surface area (Å²) in [4.78, 5) is 24.5. The SMILES string of the molecule is CCc1ccccc1NC(=O)C1CC(=O)Nc2ccccc21. The molecule has 0 saturated carbocycles. The highest BCUT2D eigenvalue weighted by molar-refractivity contribution is 6.05. The second-order valence-electron chi connectivity index (χ2n) is 5.39. The fourth-order valence-corrected chi connectivity index (χ4v) is 2.82. The molecule has 2 aromatic rings. The van der Waals surface area contributed by atoms with Crippen molar-refractivity contribution in [3.63, 3.8) is 0 Å². The molecule has 1 atom stereocenters. The molecule has 112 valence electrons. The molecular formula is C18H18N2O2. The van der Waals surface area contributed by atoms with E-state index in [2.05, 4.69) is 10.6 Å². The zero-order valence-electron chi connectivity index (χ0n) is 12.4. The molecule has 0 spiro atoms. The van der Waals surface area contributed by atoms with Gasteiger partial charge < -0.3 is 10.6 Å². The van der Waals surface area contributed by atoms with Crippen LogP contribution in [0.25, 0.3) is 0 Å². The number of aryl methyl sites for hydroxylation is 1. The predicted octanol–water partition coefficient (Wildman–Crippen LogP) is 3.31. The first-order valence-electron chi connectivity index (χ1n) is 7.46. The van der Waals surface area contributed by atoms with Crippen LogP contribution in [0.2, 0.25) is 0 Å². The molecule has 2 amide bonds. The third-order valence-electron chi connectivity index (χ3n) is 3.97. The highest BCUT2D eigenvalue weighted by Crippen LogP contribution is 2.33. The van der Waals surface area contributed by atoms with Crippen molar-refractivity contribution in [2.45, 2.75) is 25.7 Å². The predicted molar refractivity (Wildman–Crippen MR) is 86.9 cm³/mol. The van der Waals surface area contributed by atoms with Gasteiger partial charge in [-0.05, 0) is 29.7 Å². The first kappa shape index (κ1) is 14.3. The van der Waals surface area contributed by atoms with E-state index >= 15 is 0 Å². The zero-order valence-corrected chi connectivity index (χ0v) is 12.4. The Morgan fingerprint density at radius 2 is 1.91 bits per heavy atom. The number of para-hydroxylation sites is 2. The summed E-state index contributed by atoms with van der Waals surface area (Å²) in [5.74, 6) is -0.708. The number of hydrogen-bond acceptors (Lipinski definition) is 2. The Morgan fingerprint density at radius 1 is 1.18 bits per heavy atom. The van der Waals surface area contributed by atoms with Crippen molar-refractivity contribution in [3.05, 3.63) is 59.7 Å². The molecule has 2 N–H and O–H groups in total. The van der Waals surface area contributed by atoms with Crippen molar-refractivity contribution in [2.75, 3.05) is 10.6 Å². The third-order valence-corrected chi connectivity index (χ3v) is 3.97. The summed E-state index contributed by atoms with van der Waals surface area (Å²) in [6, 6.07) is 15.2. The summed E-state index contributed by atoms with van der Waals surface area (Å²) < 4.78 is 0. The van der Waals surface area contributed by atoms with Crippen molar-refractivity contribution in [2.24, 2.45) is 0 Å². The maximum Gasteiger partial charge on any atom is 0.232 e. The lowest BCUT2D eigenvalue weighted by atomic mass is 9.89. The van der Waals surface area contributed by atoms with Crippen LogP contribution in [0.15, 0.2) is 48.5 Å².